The molecule has 0 atom stereocenters. The van der Waals surface area contributed by atoms with Gasteiger partial charge in [-0.25, -0.2) is 4.79 Å². The Labute approximate surface area is 150 Å². The average Bonchev–Trinajstić information content (AvgIpc) is 3.09. The van der Waals surface area contributed by atoms with Gasteiger partial charge in [-0.15, -0.1) is 0 Å². The second-order valence-corrected chi connectivity index (χ2v) is 6.91. The number of likely N-dealkylation sites (tertiary alicyclic amines) is 1. The van der Waals surface area contributed by atoms with Crippen LogP contribution in [0.4, 0.5) is 9.93 Å². The Bertz CT molecular complexity index is 726. The second-order valence-electron chi connectivity index (χ2n) is 6.15. The molecule has 2 aromatic rings. The molecule has 1 fully saturated rings. The van der Waals surface area contributed by atoms with Gasteiger partial charge in [0.2, 0.25) is 11.0 Å². The van der Waals surface area contributed by atoms with Crippen LogP contribution in [0.1, 0.15) is 25.7 Å². The first-order valence-electron chi connectivity index (χ1n) is 8.35. The third-order valence-corrected chi connectivity index (χ3v) is 5.00. The van der Waals surface area contributed by atoms with E-state index < -0.39 is 0 Å². The number of carbonyl (C=O) groups is 2. The molecule has 0 radical (unpaired) electrons. The highest BCUT2D eigenvalue weighted by Gasteiger charge is 2.23. The number of anilines is 1. The summed E-state index contributed by atoms with van der Waals surface area (Å²) in [6, 6.07) is 9.51. The summed E-state index contributed by atoms with van der Waals surface area (Å²) >= 11 is 1.18. The molecule has 1 saturated heterocycles. The van der Waals surface area contributed by atoms with Gasteiger partial charge in [-0.1, -0.05) is 30.3 Å². The maximum atomic E-state index is 12.4. The van der Waals surface area contributed by atoms with Crippen LogP contribution in [0.15, 0.2) is 30.3 Å². The fourth-order valence-corrected chi connectivity index (χ4v) is 3.50. The minimum atomic E-state index is -0.259. The van der Waals surface area contributed by atoms with E-state index in [9.17, 15) is 9.59 Å². The quantitative estimate of drug-likeness (QED) is 0.857. The number of urea groups is 1. The Morgan fingerprint density at radius 1 is 1.24 bits per heavy atom. The number of piperidine rings is 1. The van der Waals surface area contributed by atoms with E-state index in [0.717, 1.165) is 24.8 Å². The minimum Gasteiger partial charge on any atom is -0.370 e. The summed E-state index contributed by atoms with van der Waals surface area (Å²) in [5.41, 5.74) is 6.12. The monoisotopic (exact) mass is 359 g/mol. The summed E-state index contributed by atoms with van der Waals surface area (Å²) in [5, 5.41) is 3.32. The van der Waals surface area contributed by atoms with Gasteiger partial charge in [0.25, 0.3) is 0 Å². The summed E-state index contributed by atoms with van der Waals surface area (Å²) in [4.78, 5) is 29.4. The molecule has 25 heavy (non-hydrogen) atoms. The highest BCUT2D eigenvalue weighted by atomic mass is 32.1. The molecule has 132 valence electrons. The number of hydrogen-bond donors (Lipinski definition) is 2. The van der Waals surface area contributed by atoms with Crippen LogP contribution in [-0.4, -0.2) is 39.3 Å². The van der Waals surface area contributed by atoms with Gasteiger partial charge in [-0.05, 0) is 25.2 Å². The first-order chi connectivity index (χ1) is 12.1. The Hall–Kier alpha value is -2.48. The highest BCUT2D eigenvalue weighted by molar-refractivity contribution is 7.10. The van der Waals surface area contributed by atoms with E-state index in [1.165, 1.54) is 11.5 Å². The van der Waals surface area contributed by atoms with Crippen LogP contribution in [0.2, 0.25) is 0 Å². The van der Waals surface area contributed by atoms with Crippen LogP contribution in [0.5, 0.6) is 0 Å². The maximum Gasteiger partial charge on any atom is 0.323 e. The van der Waals surface area contributed by atoms with E-state index in [0.29, 0.717) is 36.4 Å². The van der Waals surface area contributed by atoms with Crippen molar-refractivity contribution in [3.8, 4) is 11.4 Å². The lowest BCUT2D eigenvalue weighted by molar-refractivity contribution is -0.118. The van der Waals surface area contributed by atoms with Crippen LogP contribution in [0.3, 0.4) is 0 Å². The number of nitrogens with two attached hydrogens (primary N) is 1. The van der Waals surface area contributed by atoms with Crippen molar-refractivity contribution < 1.29 is 9.59 Å². The molecule has 0 bridgehead atoms. The van der Waals surface area contributed by atoms with Gasteiger partial charge in [-0.2, -0.15) is 9.36 Å². The van der Waals surface area contributed by atoms with Crippen molar-refractivity contribution in [2.45, 2.75) is 25.7 Å². The van der Waals surface area contributed by atoms with E-state index in [1.54, 1.807) is 4.90 Å². The zero-order valence-corrected chi connectivity index (χ0v) is 14.7. The lowest BCUT2D eigenvalue weighted by atomic mass is 9.92. The summed E-state index contributed by atoms with van der Waals surface area (Å²) in [7, 11) is 0. The molecule has 0 unspecified atom stereocenters. The molecule has 3 amide bonds. The van der Waals surface area contributed by atoms with Crippen molar-refractivity contribution in [1.82, 2.24) is 14.3 Å². The van der Waals surface area contributed by atoms with E-state index in [4.69, 9.17) is 5.73 Å². The van der Waals surface area contributed by atoms with Crippen LogP contribution in [0.25, 0.3) is 11.4 Å². The topological polar surface area (TPSA) is 101 Å². The number of nitrogens with zero attached hydrogens (tertiary/aromatic N) is 3. The molecule has 3 N–H and O–H groups in total. The molecule has 1 aromatic heterocycles. The Morgan fingerprint density at radius 2 is 1.96 bits per heavy atom. The zero-order valence-electron chi connectivity index (χ0n) is 13.9. The van der Waals surface area contributed by atoms with Crippen LogP contribution in [-0.2, 0) is 4.79 Å². The molecule has 1 aliphatic heterocycles. The molecule has 1 aromatic carbocycles. The number of aromatic nitrogens is 2. The summed E-state index contributed by atoms with van der Waals surface area (Å²) in [5.74, 6) is 0.819. The standard InChI is InChI=1S/C17H21N5O2S/c18-14(23)7-6-12-8-10-22(11-9-12)17(24)20-16-19-15(21-25-16)13-4-2-1-3-5-13/h1-5,12H,6-11H2,(H2,18,23)(H,19,20,21,24). The second kappa shape index (κ2) is 8.06. The molecule has 0 saturated carbocycles. The maximum absolute atomic E-state index is 12.4. The van der Waals surface area contributed by atoms with Crippen molar-refractivity contribution in [3.05, 3.63) is 30.3 Å². The van der Waals surface area contributed by atoms with E-state index >= 15 is 0 Å². The van der Waals surface area contributed by atoms with Crippen LogP contribution in [0, 0.1) is 5.92 Å². The summed E-state index contributed by atoms with van der Waals surface area (Å²) in [6.07, 6.45) is 3.02. The lowest BCUT2D eigenvalue weighted by Gasteiger charge is -2.31. The van der Waals surface area contributed by atoms with Gasteiger partial charge in [0.15, 0.2) is 5.82 Å². The van der Waals surface area contributed by atoms with Crippen molar-refractivity contribution in [2.24, 2.45) is 11.7 Å². The largest absolute Gasteiger partial charge is 0.370 e. The molecule has 3 rings (SSSR count). The smallest absolute Gasteiger partial charge is 0.323 e. The minimum absolute atomic E-state index is 0.149. The normalized spacial score (nSPS) is 15.1. The number of carbonyl (C=O) groups excluding carboxylic acids is 2. The molecular formula is C17H21N5O2S. The molecule has 1 aliphatic rings. The van der Waals surface area contributed by atoms with Crippen molar-refractivity contribution in [3.63, 3.8) is 0 Å². The molecule has 0 aliphatic carbocycles. The van der Waals surface area contributed by atoms with Crippen molar-refractivity contribution >= 4 is 28.6 Å². The SMILES string of the molecule is NC(=O)CCC1CCN(C(=O)Nc2nc(-c3ccccc3)ns2)CC1. The van der Waals surface area contributed by atoms with Crippen molar-refractivity contribution in [2.75, 3.05) is 18.4 Å². The Balaban J connectivity index is 1.50. The predicted molar refractivity (Wildman–Crippen MR) is 97.1 cm³/mol. The molecule has 8 heteroatoms. The third-order valence-electron chi connectivity index (χ3n) is 4.37. The number of rotatable bonds is 5. The number of amides is 3. The fourth-order valence-electron chi connectivity index (χ4n) is 2.92. The Kier molecular flexibility index (Phi) is 5.60. The average molecular weight is 359 g/mol. The zero-order chi connectivity index (χ0) is 17.6. The van der Waals surface area contributed by atoms with E-state index in [-0.39, 0.29) is 11.9 Å². The van der Waals surface area contributed by atoms with Gasteiger partial charge in [-0.3, -0.25) is 10.1 Å². The Morgan fingerprint density at radius 3 is 2.64 bits per heavy atom. The number of benzene rings is 1. The first kappa shape index (κ1) is 17.3. The summed E-state index contributed by atoms with van der Waals surface area (Å²) in [6.45, 7) is 1.36. The van der Waals surface area contributed by atoms with Gasteiger partial charge in [0.1, 0.15) is 0 Å². The molecule has 0 spiro atoms. The summed E-state index contributed by atoms with van der Waals surface area (Å²) < 4.78 is 4.29. The van der Waals surface area contributed by atoms with Gasteiger partial charge in [0, 0.05) is 36.6 Å². The van der Waals surface area contributed by atoms with Gasteiger partial charge >= 0.3 is 6.03 Å². The number of hydrogen-bond acceptors (Lipinski definition) is 5. The molecule has 2 heterocycles. The van der Waals surface area contributed by atoms with Crippen LogP contribution >= 0.6 is 11.5 Å². The van der Waals surface area contributed by atoms with Crippen LogP contribution < -0.4 is 11.1 Å². The first-order valence-corrected chi connectivity index (χ1v) is 9.12. The highest BCUT2D eigenvalue weighted by Crippen LogP contribution is 2.24. The van der Waals surface area contributed by atoms with Gasteiger partial charge < -0.3 is 10.6 Å². The molecular weight excluding hydrogens is 338 g/mol. The van der Waals surface area contributed by atoms with E-state index in [1.807, 2.05) is 30.3 Å². The number of nitrogens with one attached hydrogen (secondary N) is 1. The fraction of sp³-hybridized carbons (Fsp3) is 0.412. The van der Waals surface area contributed by atoms with Gasteiger partial charge in [0.05, 0.1) is 0 Å². The third kappa shape index (κ3) is 4.76. The van der Waals surface area contributed by atoms with E-state index in [2.05, 4.69) is 14.7 Å². The molecule has 7 nitrogen and oxygen atoms in total. The van der Waals surface area contributed by atoms with Crippen molar-refractivity contribution in [1.29, 1.82) is 0 Å². The number of primary amides is 1. The lowest BCUT2D eigenvalue weighted by Crippen LogP contribution is -2.41. The predicted octanol–water partition coefficient (Wildman–Crippen LogP) is 2.71.